The van der Waals surface area contributed by atoms with Crippen molar-refractivity contribution in [1.29, 1.82) is 0 Å². The number of rotatable bonds is 16. The van der Waals surface area contributed by atoms with Gasteiger partial charge < -0.3 is 72.0 Å². The standard InChI is InChI=1S/C70H84N16O14/c1-41(71-3)59(87)73-39-69(23-24-69)67(97)83-35-49-31-57(83)63(91)75-53(27-43-11-7-5-8-12-43)61(89)77-55(65(93)94)29-45-17-21-52(22-18-45)100-38-48-34-86(82-80-48)50-32-58(84(36-50)68(98)70(25-26-70)40-74-60(88)42(2)72-4)64(92)76-54(28-44-13-9-6-10-14-44)62(90)78-56(66(95)96)30-46-15-19-51(20-16-46)99-37-47-33-85(49)81-79-47/h5-22,33-34,41-42,49-50,53-58,71-72H,23-32,35-40H2,1-4H3,(H,73,87)(H,74,88)(H,75,91)(H,76,92)(H,77,89)(H,78,90)(H,93,94)(H,95,96). The van der Waals surface area contributed by atoms with E-state index in [1.807, 2.05) is 0 Å². The van der Waals surface area contributed by atoms with E-state index in [0.717, 1.165) is 0 Å². The van der Waals surface area contributed by atoms with Crippen LogP contribution in [0.1, 0.15) is 98.1 Å². The minimum atomic E-state index is -1.47. The summed E-state index contributed by atoms with van der Waals surface area (Å²) >= 11 is 0. The number of aromatic nitrogens is 6. The molecule has 6 aromatic rings. The van der Waals surface area contributed by atoms with E-state index in [4.69, 9.17) is 9.47 Å². The largest absolute Gasteiger partial charge is 0.487 e. The number of hydrogen-bond acceptors (Lipinski definition) is 18. The number of carboxylic acid groups (broad SMARTS) is 2. The first-order valence-electron chi connectivity index (χ1n) is 33.6. The van der Waals surface area contributed by atoms with Crippen molar-refractivity contribution in [1.82, 2.24) is 82.3 Å². The first kappa shape index (κ1) is 70.7. The normalized spacial score (nSPS) is 23.7. The van der Waals surface area contributed by atoms with Gasteiger partial charge in [-0.05, 0) is 100 Å². The summed E-state index contributed by atoms with van der Waals surface area (Å²) in [5.74, 6) is -6.22. The monoisotopic (exact) mass is 1370 g/mol. The van der Waals surface area contributed by atoms with Crippen LogP contribution >= 0.6 is 0 Å². The van der Waals surface area contributed by atoms with Crippen molar-refractivity contribution in [2.24, 2.45) is 10.8 Å². The zero-order valence-electron chi connectivity index (χ0n) is 56.0. The number of likely N-dealkylation sites (tertiary alicyclic amines) is 2. The number of likely N-dealkylation sites (N-methyl/N-ethyl adjacent to an activating group) is 2. The van der Waals surface area contributed by atoms with Crippen molar-refractivity contribution in [2.45, 2.75) is 152 Å². The Hall–Kier alpha value is -10.6. The average molecular weight is 1370 g/mol. The number of amides is 8. The molecule has 100 heavy (non-hydrogen) atoms. The van der Waals surface area contributed by atoms with E-state index in [0.29, 0.717) is 70.8 Å². The molecule has 10 unspecified atom stereocenters. The van der Waals surface area contributed by atoms with Gasteiger partial charge in [0.1, 0.15) is 72.4 Å². The maximum atomic E-state index is 14.9. The van der Waals surface area contributed by atoms with Gasteiger partial charge in [0.05, 0.1) is 47.4 Å². The molecule has 6 aliphatic heterocycles. The number of benzene rings is 4. The first-order chi connectivity index (χ1) is 48.1. The molecule has 30 nitrogen and oxygen atoms in total. The van der Waals surface area contributed by atoms with Crippen LogP contribution in [0.5, 0.6) is 11.5 Å². The first-order valence-corrected chi connectivity index (χ1v) is 33.6. The van der Waals surface area contributed by atoms with E-state index < -0.39 is 107 Å². The molecule has 2 saturated heterocycles. The second-order valence-corrected chi connectivity index (χ2v) is 26.7. The molecule has 10 atom stereocenters. The van der Waals surface area contributed by atoms with E-state index in [-0.39, 0.29) is 102 Å². The maximum absolute atomic E-state index is 14.9. The third-order valence-electron chi connectivity index (χ3n) is 19.6. The molecule has 2 aliphatic carbocycles. The fraction of sp³-hybridized carbons (Fsp3) is 0.457. The molecule has 12 bridgehead atoms. The minimum absolute atomic E-state index is 0.00351. The van der Waals surface area contributed by atoms with Crippen LogP contribution in [0, 0.1) is 10.8 Å². The highest BCUT2D eigenvalue weighted by atomic mass is 16.5. The van der Waals surface area contributed by atoms with Crippen LogP contribution < -0.4 is 52.0 Å². The zero-order chi connectivity index (χ0) is 70.8. The molecule has 528 valence electrons. The molecular formula is C70H84N16O14. The molecule has 8 heterocycles. The lowest BCUT2D eigenvalue weighted by Crippen LogP contribution is -2.57. The number of hydrogen-bond donors (Lipinski definition) is 10. The topological polar surface area (TPSA) is 394 Å². The second kappa shape index (κ2) is 31.1. The molecule has 10 N–H and O–H groups in total. The van der Waals surface area contributed by atoms with Crippen LogP contribution in [0.15, 0.2) is 122 Å². The highest BCUT2D eigenvalue weighted by Crippen LogP contribution is 2.50. The predicted octanol–water partition coefficient (Wildman–Crippen LogP) is 0.713. The predicted molar refractivity (Wildman–Crippen MR) is 357 cm³/mol. The van der Waals surface area contributed by atoms with E-state index in [1.165, 1.54) is 19.2 Å². The van der Waals surface area contributed by atoms with E-state index in [1.54, 1.807) is 150 Å². The number of nitrogens with one attached hydrogen (secondary N) is 8. The molecular weight excluding hydrogens is 1290 g/mol. The van der Waals surface area contributed by atoms with Crippen molar-refractivity contribution >= 4 is 59.2 Å². The molecule has 14 rings (SSSR count). The van der Waals surface area contributed by atoms with Crippen LogP contribution in [-0.4, -0.2) is 198 Å². The fourth-order valence-electron chi connectivity index (χ4n) is 12.8. The number of ether oxygens (including phenoxy) is 2. The Labute approximate surface area is 576 Å². The van der Waals surface area contributed by atoms with E-state index in [2.05, 4.69) is 63.2 Å². The molecule has 30 heteroatoms. The number of nitrogens with zero attached hydrogens (tertiary/aromatic N) is 8. The minimum Gasteiger partial charge on any atom is -0.487 e. The second-order valence-electron chi connectivity index (χ2n) is 26.7. The van der Waals surface area contributed by atoms with Crippen molar-refractivity contribution < 1.29 is 67.6 Å². The van der Waals surface area contributed by atoms with Crippen LogP contribution in [0.4, 0.5) is 0 Å². The summed E-state index contributed by atoms with van der Waals surface area (Å²) in [4.78, 5) is 144. The summed E-state index contributed by atoms with van der Waals surface area (Å²) in [5.41, 5.74) is 1.08. The summed E-state index contributed by atoms with van der Waals surface area (Å²) in [7, 11) is 3.29. The fourth-order valence-corrected chi connectivity index (χ4v) is 12.8. The Balaban J connectivity index is 0.875. The number of carbonyl (C=O) groups is 10. The van der Waals surface area contributed by atoms with Gasteiger partial charge in [0.15, 0.2) is 0 Å². The molecule has 2 saturated carbocycles. The Bertz CT molecular complexity index is 3700. The van der Waals surface area contributed by atoms with Crippen LogP contribution in [0.3, 0.4) is 0 Å². The third-order valence-corrected chi connectivity index (χ3v) is 19.6. The smallest absolute Gasteiger partial charge is 0.326 e. The highest BCUT2D eigenvalue weighted by Gasteiger charge is 2.57. The maximum Gasteiger partial charge on any atom is 0.326 e. The van der Waals surface area contributed by atoms with Crippen LogP contribution in [0.25, 0.3) is 0 Å². The van der Waals surface area contributed by atoms with Crippen molar-refractivity contribution in [3.8, 4) is 11.5 Å². The summed E-state index contributed by atoms with van der Waals surface area (Å²) in [6, 6.07) is 20.6. The van der Waals surface area contributed by atoms with Gasteiger partial charge in [-0.2, -0.15) is 0 Å². The van der Waals surface area contributed by atoms with Gasteiger partial charge >= 0.3 is 11.9 Å². The molecule has 0 radical (unpaired) electrons. The molecule has 4 aromatic carbocycles. The Morgan fingerprint density at radius 1 is 0.530 bits per heavy atom. The van der Waals surface area contributed by atoms with Gasteiger partial charge in [0, 0.05) is 64.7 Å². The lowest BCUT2D eigenvalue weighted by Gasteiger charge is -2.30. The van der Waals surface area contributed by atoms with Crippen molar-refractivity contribution in [2.75, 3.05) is 40.3 Å². The van der Waals surface area contributed by atoms with Gasteiger partial charge in [-0.15, -0.1) is 10.2 Å². The Kier molecular flexibility index (Phi) is 22.0. The zero-order valence-corrected chi connectivity index (χ0v) is 56.0. The Morgan fingerprint density at radius 3 is 1.24 bits per heavy atom. The Morgan fingerprint density at radius 2 is 0.900 bits per heavy atom. The molecule has 8 amide bonds. The van der Waals surface area contributed by atoms with Gasteiger partial charge in [-0.3, -0.25) is 38.4 Å². The number of carbonyl (C=O) groups excluding carboxylic acids is 8. The highest BCUT2D eigenvalue weighted by molar-refractivity contribution is 5.97. The lowest BCUT2D eigenvalue weighted by atomic mass is 10.0. The quantitative estimate of drug-likeness (QED) is 0.0638. The van der Waals surface area contributed by atoms with Gasteiger partial charge in [0.25, 0.3) is 0 Å². The van der Waals surface area contributed by atoms with Crippen molar-refractivity contribution in [3.05, 3.63) is 155 Å². The number of carboxylic acids is 2. The average Bonchev–Trinajstić information content (AvgIpc) is 1.60. The molecule has 2 aromatic heterocycles. The van der Waals surface area contributed by atoms with Gasteiger partial charge in [-0.1, -0.05) is 95.4 Å². The molecule has 4 fully saturated rings. The van der Waals surface area contributed by atoms with Crippen LogP contribution in [0.2, 0.25) is 0 Å². The molecule has 8 aliphatic rings. The van der Waals surface area contributed by atoms with Gasteiger partial charge in [-0.25, -0.2) is 19.0 Å². The van der Waals surface area contributed by atoms with E-state index in [9.17, 15) is 58.2 Å². The van der Waals surface area contributed by atoms with Gasteiger partial charge in [0.2, 0.25) is 47.3 Å². The summed E-state index contributed by atoms with van der Waals surface area (Å²) in [6.07, 6.45) is 4.66. The molecule has 0 spiro atoms. The lowest BCUT2D eigenvalue weighted by molar-refractivity contribution is -0.144. The van der Waals surface area contributed by atoms with Crippen molar-refractivity contribution in [3.63, 3.8) is 0 Å². The summed E-state index contributed by atoms with van der Waals surface area (Å²) in [5, 5.41) is 61.3. The van der Waals surface area contributed by atoms with Crippen LogP contribution in [-0.2, 0) is 86.8 Å². The number of aliphatic carboxylic acids is 2. The SMILES string of the molecule is CNC(C)C(=O)NCC1(C(=O)N2CC3CC2C(=O)NC(Cc2ccccc2)C(=O)NC(C(=O)O)Cc2ccc(cc2)OCc2cn(nn2)C2CC(C(=O)NC(Cc4ccccc4)C(=O)NC(C(=O)O)Cc4ccc(cc4)OCc4cn3nn4)N(C(=O)C3(CNC(=O)C(C)NC)CC3)C2)CC1. The summed E-state index contributed by atoms with van der Waals surface area (Å²) in [6.45, 7) is 3.24. The summed E-state index contributed by atoms with van der Waals surface area (Å²) < 4.78 is 15.3. The third kappa shape index (κ3) is 17.1. The van der Waals surface area contributed by atoms with E-state index >= 15 is 0 Å².